The van der Waals surface area contributed by atoms with E-state index >= 15 is 0 Å². The van der Waals surface area contributed by atoms with Crippen LogP contribution >= 0.6 is 7.14 Å². The van der Waals surface area contributed by atoms with E-state index in [1.807, 2.05) is 6.92 Å². The van der Waals surface area contributed by atoms with Gasteiger partial charge >= 0.3 is 6.03 Å². The summed E-state index contributed by atoms with van der Waals surface area (Å²) in [6, 6.07) is -0.277. The molecule has 2 amide bonds. The van der Waals surface area contributed by atoms with Crippen molar-refractivity contribution in [1.82, 2.24) is 10.6 Å². The summed E-state index contributed by atoms with van der Waals surface area (Å²) in [7, 11) is -0.583. The third-order valence-electron chi connectivity index (χ3n) is 1.47. The van der Waals surface area contributed by atoms with Crippen molar-refractivity contribution in [2.45, 2.75) is 6.92 Å². The lowest BCUT2D eigenvalue weighted by Crippen LogP contribution is -2.33. The Balaban J connectivity index is 3.70. The minimum atomic E-state index is -2.11. The van der Waals surface area contributed by atoms with Gasteiger partial charge in [0, 0.05) is 7.05 Å². The molecule has 1 unspecified atom stereocenters. The molecule has 0 saturated carbocycles. The first-order valence-electron chi connectivity index (χ1n) is 3.53. The second-order valence-corrected chi connectivity index (χ2v) is 6.07. The van der Waals surface area contributed by atoms with Crippen molar-refractivity contribution in [3.63, 3.8) is 0 Å². The Morgan fingerprint density at radius 1 is 1.55 bits per heavy atom. The zero-order valence-corrected chi connectivity index (χ0v) is 8.07. The molecule has 1 atom stereocenters. The van der Waals surface area contributed by atoms with E-state index in [0.717, 1.165) is 0 Å². The number of rotatable bonds is 3. The highest BCUT2D eigenvalue weighted by Gasteiger charge is 2.12. The number of carbonyl (C=O) groups excluding carboxylic acids is 1. The van der Waals surface area contributed by atoms with Crippen LogP contribution in [0.3, 0.4) is 0 Å². The Hall–Kier alpha value is -0.500. The average Bonchev–Trinajstić information content (AvgIpc) is 2.00. The fourth-order valence-electron chi connectivity index (χ4n) is 0.439. The van der Waals surface area contributed by atoms with Gasteiger partial charge in [-0.15, -0.1) is 0 Å². The first-order chi connectivity index (χ1) is 5.02. The van der Waals surface area contributed by atoms with E-state index in [2.05, 4.69) is 10.6 Å². The minimum absolute atomic E-state index is 0.277. The van der Waals surface area contributed by atoms with Crippen molar-refractivity contribution >= 4 is 13.2 Å². The average molecular weight is 178 g/mol. The van der Waals surface area contributed by atoms with Crippen LogP contribution in [0.5, 0.6) is 0 Å². The Morgan fingerprint density at radius 3 is 2.45 bits per heavy atom. The second kappa shape index (κ2) is 4.39. The van der Waals surface area contributed by atoms with Crippen LogP contribution in [0, 0.1) is 0 Å². The number of hydrogen-bond donors (Lipinski definition) is 2. The van der Waals surface area contributed by atoms with E-state index in [9.17, 15) is 9.36 Å². The highest BCUT2D eigenvalue weighted by Crippen LogP contribution is 2.38. The topological polar surface area (TPSA) is 58.2 Å². The molecule has 0 fully saturated rings. The third-order valence-corrected chi connectivity index (χ3v) is 3.63. The highest BCUT2D eigenvalue weighted by atomic mass is 31.2. The first kappa shape index (κ1) is 10.5. The second-order valence-electron chi connectivity index (χ2n) is 2.53. The van der Waals surface area contributed by atoms with Gasteiger partial charge in [-0.3, -0.25) is 0 Å². The molecule has 0 aliphatic carbocycles. The molecule has 0 rings (SSSR count). The quantitative estimate of drug-likeness (QED) is 0.630. The fourth-order valence-corrected chi connectivity index (χ4v) is 1.14. The van der Waals surface area contributed by atoms with Gasteiger partial charge < -0.3 is 15.2 Å². The molecule has 0 spiro atoms. The van der Waals surface area contributed by atoms with Crippen molar-refractivity contribution in [2.24, 2.45) is 0 Å². The molecule has 4 nitrogen and oxygen atoms in total. The molecule has 0 radical (unpaired) electrons. The SMILES string of the molecule is CCP(C)(=O)CNC(=O)NC. The Bertz CT molecular complexity index is 181. The largest absolute Gasteiger partial charge is 0.341 e. The van der Waals surface area contributed by atoms with Crippen LogP contribution in [0.4, 0.5) is 4.79 Å². The minimum Gasteiger partial charge on any atom is -0.341 e. The predicted molar refractivity (Wildman–Crippen MR) is 46.5 cm³/mol. The molecule has 0 aromatic carbocycles. The van der Waals surface area contributed by atoms with Gasteiger partial charge in [-0.05, 0) is 12.8 Å². The van der Waals surface area contributed by atoms with Crippen molar-refractivity contribution in [2.75, 3.05) is 26.2 Å². The summed E-state index contributed by atoms with van der Waals surface area (Å²) in [6.45, 7) is 3.54. The van der Waals surface area contributed by atoms with Crippen LogP contribution in [0.15, 0.2) is 0 Å². The number of nitrogens with one attached hydrogen (secondary N) is 2. The molecule has 0 aromatic heterocycles. The van der Waals surface area contributed by atoms with Gasteiger partial charge in [-0.2, -0.15) is 0 Å². The third kappa shape index (κ3) is 4.85. The van der Waals surface area contributed by atoms with E-state index in [4.69, 9.17) is 0 Å². The molecule has 11 heavy (non-hydrogen) atoms. The van der Waals surface area contributed by atoms with Gasteiger partial charge in [0.25, 0.3) is 0 Å². The smallest absolute Gasteiger partial charge is 0.314 e. The van der Waals surface area contributed by atoms with Crippen LogP contribution in [0.25, 0.3) is 0 Å². The van der Waals surface area contributed by atoms with Crippen molar-refractivity contribution < 1.29 is 9.36 Å². The van der Waals surface area contributed by atoms with Crippen molar-refractivity contribution in [3.05, 3.63) is 0 Å². The van der Waals surface area contributed by atoms with Gasteiger partial charge in [0.05, 0.1) is 6.29 Å². The zero-order chi connectivity index (χ0) is 8.91. The van der Waals surface area contributed by atoms with Gasteiger partial charge in [-0.25, -0.2) is 4.79 Å². The lowest BCUT2D eigenvalue weighted by Gasteiger charge is -2.10. The molecular weight excluding hydrogens is 163 g/mol. The maximum Gasteiger partial charge on any atom is 0.314 e. The molecule has 0 aliphatic rings. The van der Waals surface area contributed by atoms with Crippen LogP contribution in [0.2, 0.25) is 0 Å². The molecule has 0 aliphatic heterocycles. The summed E-state index contributed by atoms with van der Waals surface area (Å²) >= 11 is 0. The van der Waals surface area contributed by atoms with Crippen molar-refractivity contribution in [1.29, 1.82) is 0 Å². The maximum atomic E-state index is 11.4. The molecule has 0 bridgehead atoms. The molecular formula is C6H15N2O2P. The zero-order valence-electron chi connectivity index (χ0n) is 7.18. The molecule has 0 heterocycles. The summed E-state index contributed by atoms with van der Waals surface area (Å²) in [4.78, 5) is 10.6. The van der Waals surface area contributed by atoms with Gasteiger partial charge in [0.2, 0.25) is 0 Å². The first-order valence-corrected chi connectivity index (χ1v) is 6.05. The van der Waals surface area contributed by atoms with E-state index < -0.39 is 7.14 Å². The Labute approximate surface area is 67.1 Å². The van der Waals surface area contributed by atoms with E-state index in [-0.39, 0.29) is 12.3 Å². The molecule has 0 aromatic rings. The monoisotopic (exact) mass is 178 g/mol. The molecule has 0 saturated heterocycles. The lowest BCUT2D eigenvalue weighted by molar-refractivity contribution is 0.244. The normalized spacial score (nSPS) is 15.2. The predicted octanol–water partition coefficient (Wildman–Crippen LogP) is 0.886. The summed E-state index contributed by atoms with van der Waals surface area (Å²) in [5, 5.41) is 4.90. The fraction of sp³-hybridized carbons (Fsp3) is 0.833. The van der Waals surface area contributed by atoms with Gasteiger partial charge in [-0.1, -0.05) is 6.92 Å². The standard InChI is InChI=1S/C6H15N2O2P/c1-4-11(3,10)5-8-6(9)7-2/h4-5H2,1-3H3,(H2,7,8,9). The van der Waals surface area contributed by atoms with Crippen LogP contribution in [0.1, 0.15) is 6.92 Å². The summed E-state index contributed by atoms with van der Waals surface area (Å²) < 4.78 is 11.4. The number of amides is 2. The van der Waals surface area contributed by atoms with Crippen LogP contribution in [-0.4, -0.2) is 32.2 Å². The molecule has 5 heteroatoms. The lowest BCUT2D eigenvalue weighted by atomic mass is 10.9. The summed E-state index contributed by atoms with van der Waals surface area (Å²) in [6.07, 6.45) is 0.903. The van der Waals surface area contributed by atoms with E-state index in [1.54, 1.807) is 6.66 Å². The molecule has 2 N–H and O–H groups in total. The molecule has 66 valence electrons. The Kier molecular flexibility index (Phi) is 4.19. The number of urea groups is 1. The van der Waals surface area contributed by atoms with E-state index in [1.165, 1.54) is 7.05 Å². The van der Waals surface area contributed by atoms with Gasteiger partial charge in [0.1, 0.15) is 7.14 Å². The van der Waals surface area contributed by atoms with E-state index in [0.29, 0.717) is 6.16 Å². The summed E-state index contributed by atoms with van der Waals surface area (Å²) in [5.74, 6) is 0. The highest BCUT2D eigenvalue weighted by molar-refractivity contribution is 7.63. The van der Waals surface area contributed by atoms with Crippen LogP contribution < -0.4 is 10.6 Å². The number of carbonyl (C=O) groups is 1. The van der Waals surface area contributed by atoms with Gasteiger partial charge in [0.15, 0.2) is 0 Å². The van der Waals surface area contributed by atoms with Crippen molar-refractivity contribution in [3.8, 4) is 0 Å². The summed E-state index contributed by atoms with van der Waals surface area (Å²) in [5.41, 5.74) is 0. The Morgan fingerprint density at radius 2 is 2.09 bits per heavy atom. The number of hydrogen-bond acceptors (Lipinski definition) is 2. The maximum absolute atomic E-state index is 11.4. The van der Waals surface area contributed by atoms with Crippen LogP contribution in [-0.2, 0) is 4.57 Å².